The molecule has 0 amide bonds. The Morgan fingerprint density at radius 1 is 1.39 bits per heavy atom. The molecule has 108 valence electrons. The molecule has 0 aliphatic carbocycles. The monoisotopic (exact) mass is 275 g/mol. The average molecular weight is 275 g/mol. The summed E-state index contributed by atoms with van der Waals surface area (Å²) in [6.45, 7) is 11.7. The Balaban J connectivity index is 2.08. The van der Waals surface area contributed by atoms with E-state index in [4.69, 9.17) is 4.74 Å². The van der Waals surface area contributed by atoms with E-state index in [0.29, 0.717) is 12.0 Å². The average Bonchev–Trinajstić information content (AvgIpc) is 2.35. The first kappa shape index (κ1) is 16.2. The van der Waals surface area contributed by atoms with E-state index in [1.54, 1.807) is 0 Å². The predicted octanol–water partition coefficient (Wildman–Crippen LogP) is 0.843. The number of ether oxygens (including phenoxy) is 1. The highest BCUT2D eigenvalue weighted by Crippen LogP contribution is 2.04. The lowest BCUT2D eigenvalue weighted by molar-refractivity contribution is -0.0265. The molecule has 2 N–H and O–H groups in total. The molecule has 18 heavy (non-hydrogen) atoms. The highest BCUT2D eigenvalue weighted by atomic mass is 32.2. The maximum Gasteiger partial charge on any atom is 0.0826 e. The van der Waals surface area contributed by atoms with Gasteiger partial charge in [-0.05, 0) is 18.7 Å². The summed E-state index contributed by atoms with van der Waals surface area (Å²) < 4.78 is 5.79. The highest BCUT2D eigenvalue weighted by Gasteiger charge is 2.19. The second-order valence-electron chi connectivity index (χ2n) is 5.28. The van der Waals surface area contributed by atoms with E-state index >= 15 is 0 Å². The molecule has 4 nitrogen and oxygen atoms in total. The summed E-state index contributed by atoms with van der Waals surface area (Å²) in [6.07, 6.45) is 2.48. The topological polar surface area (TPSA) is 36.5 Å². The first-order chi connectivity index (χ1) is 8.72. The molecule has 0 bridgehead atoms. The normalized spacial score (nSPS) is 21.7. The Kier molecular flexibility index (Phi) is 9.06. The minimum Gasteiger partial charge on any atom is -0.374 e. The Morgan fingerprint density at radius 3 is 2.94 bits per heavy atom. The molecular weight excluding hydrogens is 246 g/mol. The maximum absolute atomic E-state index is 5.79. The predicted molar refractivity (Wildman–Crippen MR) is 80.3 cm³/mol. The van der Waals surface area contributed by atoms with Crippen molar-refractivity contribution in [2.45, 2.75) is 20.0 Å². The van der Waals surface area contributed by atoms with Crippen LogP contribution in [0.5, 0.6) is 0 Å². The van der Waals surface area contributed by atoms with Crippen molar-refractivity contribution < 1.29 is 4.74 Å². The lowest BCUT2D eigenvalue weighted by Gasteiger charge is -2.33. The molecule has 0 aromatic heterocycles. The van der Waals surface area contributed by atoms with Crippen molar-refractivity contribution in [3.8, 4) is 0 Å². The molecule has 1 heterocycles. The van der Waals surface area contributed by atoms with E-state index in [9.17, 15) is 0 Å². The van der Waals surface area contributed by atoms with E-state index in [-0.39, 0.29) is 0 Å². The Hall–Kier alpha value is 0.190. The summed E-state index contributed by atoms with van der Waals surface area (Å²) in [6, 6.07) is 0. The van der Waals surface area contributed by atoms with E-state index in [0.717, 1.165) is 51.8 Å². The molecule has 0 radical (unpaired) electrons. The standard InChI is InChI=1S/C13H29N3OS/c1-12(2)8-15-9-13-10-16(6-7-17-13)5-4-14-11-18-3/h12-15H,4-11H2,1-3H3/t13-/m1/s1. The van der Waals surface area contributed by atoms with Crippen LogP contribution >= 0.6 is 11.8 Å². The van der Waals surface area contributed by atoms with Gasteiger partial charge in [-0.2, -0.15) is 0 Å². The van der Waals surface area contributed by atoms with Gasteiger partial charge in [-0.3, -0.25) is 4.90 Å². The molecule has 1 saturated heterocycles. The van der Waals surface area contributed by atoms with Crippen LogP contribution in [0.25, 0.3) is 0 Å². The third-order valence-electron chi connectivity index (χ3n) is 3.00. The summed E-state index contributed by atoms with van der Waals surface area (Å²) >= 11 is 1.84. The number of morpholine rings is 1. The minimum atomic E-state index is 0.359. The van der Waals surface area contributed by atoms with Crippen molar-refractivity contribution in [3.05, 3.63) is 0 Å². The molecule has 0 spiro atoms. The molecule has 0 aromatic rings. The van der Waals surface area contributed by atoms with Gasteiger partial charge >= 0.3 is 0 Å². The van der Waals surface area contributed by atoms with Crippen LogP contribution in [-0.4, -0.2) is 69.0 Å². The van der Waals surface area contributed by atoms with Gasteiger partial charge in [0, 0.05) is 38.6 Å². The first-order valence-electron chi connectivity index (χ1n) is 6.96. The van der Waals surface area contributed by atoms with Crippen molar-refractivity contribution >= 4 is 11.8 Å². The van der Waals surface area contributed by atoms with Crippen LogP contribution in [0.4, 0.5) is 0 Å². The summed E-state index contributed by atoms with van der Waals surface area (Å²) in [5.74, 6) is 1.75. The molecule has 1 fully saturated rings. The number of nitrogens with one attached hydrogen (secondary N) is 2. The minimum absolute atomic E-state index is 0.359. The maximum atomic E-state index is 5.79. The number of hydrogen-bond donors (Lipinski definition) is 2. The van der Waals surface area contributed by atoms with Gasteiger partial charge in [-0.25, -0.2) is 0 Å². The van der Waals surface area contributed by atoms with Crippen LogP contribution in [0.3, 0.4) is 0 Å². The highest BCUT2D eigenvalue weighted by molar-refractivity contribution is 7.98. The van der Waals surface area contributed by atoms with Gasteiger partial charge in [0.25, 0.3) is 0 Å². The van der Waals surface area contributed by atoms with Crippen LogP contribution in [0, 0.1) is 5.92 Å². The van der Waals surface area contributed by atoms with Crippen molar-refractivity contribution in [1.29, 1.82) is 0 Å². The van der Waals surface area contributed by atoms with Crippen molar-refractivity contribution in [3.63, 3.8) is 0 Å². The Labute approximate surface area is 116 Å². The lowest BCUT2D eigenvalue weighted by Crippen LogP contribution is -2.48. The lowest BCUT2D eigenvalue weighted by atomic mass is 10.2. The van der Waals surface area contributed by atoms with E-state index in [1.807, 2.05) is 11.8 Å². The SMILES string of the molecule is CSCNCCN1CCO[C@H](CNCC(C)C)C1. The Bertz CT molecular complexity index is 205. The largest absolute Gasteiger partial charge is 0.374 e. The van der Waals surface area contributed by atoms with Gasteiger partial charge < -0.3 is 15.4 Å². The first-order valence-corrected chi connectivity index (χ1v) is 8.36. The third kappa shape index (κ3) is 7.59. The van der Waals surface area contributed by atoms with Crippen LogP contribution in [0.2, 0.25) is 0 Å². The number of thioether (sulfide) groups is 1. The summed E-state index contributed by atoms with van der Waals surface area (Å²) in [4.78, 5) is 2.50. The van der Waals surface area contributed by atoms with Crippen molar-refractivity contribution in [2.24, 2.45) is 5.92 Å². The van der Waals surface area contributed by atoms with Crippen molar-refractivity contribution in [1.82, 2.24) is 15.5 Å². The van der Waals surface area contributed by atoms with Crippen LogP contribution < -0.4 is 10.6 Å². The molecule has 1 aliphatic heterocycles. The van der Waals surface area contributed by atoms with Crippen LogP contribution in [-0.2, 0) is 4.74 Å². The quantitative estimate of drug-likeness (QED) is 0.482. The number of nitrogens with zero attached hydrogens (tertiary/aromatic N) is 1. The van der Waals surface area contributed by atoms with E-state index in [2.05, 4.69) is 35.6 Å². The van der Waals surface area contributed by atoms with Gasteiger partial charge in [0.05, 0.1) is 12.7 Å². The molecule has 0 unspecified atom stereocenters. The van der Waals surface area contributed by atoms with Gasteiger partial charge in [0.2, 0.25) is 0 Å². The third-order valence-corrected chi connectivity index (χ3v) is 3.49. The fourth-order valence-corrected chi connectivity index (χ4v) is 2.40. The molecule has 0 saturated carbocycles. The summed E-state index contributed by atoms with van der Waals surface area (Å²) in [5.41, 5.74) is 0. The van der Waals surface area contributed by atoms with Crippen molar-refractivity contribution in [2.75, 3.05) is 58.0 Å². The number of rotatable bonds is 9. The Morgan fingerprint density at radius 2 is 2.22 bits per heavy atom. The number of hydrogen-bond acceptors (Lipinski definition) is 5. The summed E-state index contributed by atoms with van der Waals surface area (Å²) in [5, 5.41) is 6.90. The second-order valence-corrected chi connectivity index (χ2v) is 6.14. The molecule has 0 aromatic carbocycles. The summed E-state index contributed by atoms with van der Waals surface area (Å²) in [7, 11) is 0. The van der Waals surface area contributed by atoms with Gasteiger partial charge in [0.15, 0.2) is 0 Å². The van der Waals surface area contributed by atoms with Gasteiger partial charge in [0.1, 0.15) is 0 Å². The van der Waals surface area contributed by atoms with E-state index < -0.39 is 0 Å². The zero-order valence-corrected chi connectivity index (χ0v) is 12.9. The zero-order valence-electron chi connectivity index (χ0n) is 12.1. The van der Waals surface area contributed by atoms with Gasteiger partial charge in [-0.15, -0.1) is 11.8 Å². The zero-order chi connectivity index (χ0) is 13.2. The molecular formula is C13H29N3OS. The van der Waals surface area contributed by atoms with E-state index in [1.165, 1.54) is 0 Å². The fraction of sp³-hybridized carbons (Fsp3) is 1.00. The smallest absolute Gasteiger partial charge is 0.0826 e. The fourth-order valence-electron chi connectivity index (χ4n) is 2.05. The van der Waals surface area contributed by atoms with Crippen LogP contribution in [0.15, 0.2) is 0 Å². The van der Waals surface area contributed by atoms with Crippen LogP contribution in [0.1, 0.15) is 13.8 Å². The second kappa shape index (κ2) is 10.0. The molecule has 1 rings (SSSR count). The van der Waals surface area contributed by atoms with Gasteiger partial charge in [-0.1, -0.05) is 13.8 Å². The molecule has 5 heteroatoms. The molecule has 1 aliphatic rings. The molecule has 1 atom stereocenters.